The van der Waals surface area contributed by atoms with E-state index in [4.69, 9.17) is 0 Å². The number of nitrogens with one attached hydrogen (secondary N) is 1. The lowest BCUT2D eigenvalue weighted by atomic mass is 10.1. The number of H-pyrrole nitrogens is 1. The third-order valence-electron chi connectivity index (χ3n) is 2.07. The zero-order valence-corrected chi connectivity index (χ0v) is 9.49. The summed E-state index contributed by atoms with van der Waals surface area (Å²) in [4.78, 5) is 18.4. The molecule has 3 nitrogen and oxygen atoms in total. The van der Waals surface area contributed by atoms with Crippen LogP contribution in [0.4, 0.5) is 0 Å². The number of halogens is 1. The topological polar surface area (TPSA) is 45.8 Å². The average Bonchev–Trinajstić information content (AvgIpc) is 2.74. The summed E-state index contributed by atoms with van der Waals surface area (Å²) >= 11 is 3.41. The molecule has 1 aromatic carbocycles. The predicted octanol–water partition coefficient (Wildman–Crippen LogP) is 2.60. The van der Waals surface area contributed by atoms with Crippen LogP contribution >= 0.6 is 15.9 Å². The number of carbonyl (C=O) groups is 1. The van der Waals surface area contributed by atoms with E-state index >= 15 is 0 Å². The highest BCUT2D eigenvalue weighted by atomic mass is 79.9. The molecular formula is C11H9BrN2O. The highest BCUT2D eigenvalue weighted by Crippen LogP contribution is 2.17. The van der Waals surface area contributed by atoms with Gasteiger partial charge in [0.1, 0.15) is 0 Å². The Morgan fingerprint density at radius 2 is 2.20 bits per heavy atom. The van der Waals surface area contributed by atoms with Crippen molar-refractivity contribution >= 4 is 21.7 Å². The van der Waals surface area contributed by atoms with Crippen molar-refractivity contribution in [2.45, 2.75) is 6.42 Å². The Labute approximate surface area is 95.7 Å². The van der Waals surface area contributed by atoms with Gasteiger partial charge in [-0.2, -0.15) is 0 Å². The normalized spacial score (nSPS) is 10.2. The van der Waals surface area contributed by atoms with Crippen LogP contribution < -0.4 is 0 Å². The summed E-state index contributed by atoms with van der Waals surface area (Å²) in [5.74, 6) is 0.401. The molecule has 0 saturated carbocycles. The van der Waals surface area contributed by atoms with Gasteiger partial charge in [-0.05, 0) is 11.6 Å². The van der Waals surface area contributed by atoms with Gasteiger partial charge in [-0.15, -0.1) is 0 Å². The molecule has 0 atom stereocenters. The molecule has 0 unspecified atom stereocenters. The highest BCUT2D eigenvalue weighted by molar-refractivity contribution is 9.10. The minimum atomic E-state index is -0.00750. The first-order chi connectivity index (χ1) is 7.27. The van der Waals surface area contributed by atoms with E-state index in [1.54, 1.807) is 12.4 Å². The molecule has 0 aliphatic carbocycles. The van der Waals surface area contributed by atoms with Gasteiger partial charge >= 0.3 is 0 Å². The second-order valence-corrected chi connectivity index (χ2v) is 3.98. The lowest BCUT2D eigenvalue weighted by Crippen LogP contribution is -2.05. The molecule has 0 amide bonds. The van der Waals surface area contributed by atoms with Crippen LogP contribution in [0.5, 0.6) is 0 Å². The van der Waals surface area contributed by atoms with E-state index < -0.39 is 0 Å². The van der Waals surface area contributed by atoms with Crippen LogP contribution in [0.1, 0.15) is 16.2 Å². The molecule has 76 valence electrons. The Kier molecular flexibility index (Phi) is 2.97. The van der Waals surface area contributed by atoms with Crippen molar-refractivity contribution in [1.82, 2.24) is 9.97 Å². The standard InChI is InChI=1S/C11H9BrN2O/c12-9-4-2-1-3-8(9)7-10(15)11-13-5-6-14-11/h1-6H,7H2,(H,13,14). The van der Waals surface area contributed by atoms with E-state index in [0.29, 0.717) is 12.2 Å². The molecule has 0 spiro atoms. The number of ketones is 1. The van der Waals surface area contributed by atoms with Gasteiger partial charge in [0, 0.05) is 23.3 Å². The first-order valence-corrected chi connectivity index (χ1v) is 5.32. The van der Waals surface area contributed by atoms with E-state index in [1.165, 1.54) is 0 Å². The molecule has 15 heavy (non-hydrogen) atoms. The van der Waals surface area contributed by atoms with Crippen LogP contribution in [0, 0.1) is 0 Å². The van der Waals surface area contributed by atoms with Gasteiger partial charge in [0.2, 0.25) is 5.78 Å². The molecule has 1 aromatic heterocycles. The molecule has 0 fully saturated rings. The van der Waals surface area contributed by atoms with Crippen molar-refractivity contribution in [3.63, 3.8) is 0 Å². The number of hydrogen-bond acceptors (Lipinski definition) is 2. The number of rotatable bonds is 3. The third-order valence-corrected chi connectivity index (χ3v) is 2.84. The Morgan fingerprint density at radius 1 is 1.40 bits per heavy atom. The van der Waals surface area contributed by atoms with Crippen molar-refractivity contribution < 1.29 is 4.79 Å². The van der Waals surface area contributed by atoms with Gasteiger partial charge in [0.05, 0.1) is 0 Å². The number of aromatic nitrogens is 2. The molecule has 0 saturated heterocycles. The van der Waals surface area contributed by atoms with Gasteiger partial charge in [0.15, 0.2) is 5.82 Å². The summed E-state index contributed by atoms with van der Waals surface area (Å²) in [7, 11) is 0. The van der Waals surface area contributed by atoms with Crippen LogP contribution in [-0.2, 0) is 6.42 Å². The quantitative estimate of drug-likeness (QED) is 0.867. The molecule has 2 rings (SSSR count). The summed E-state index contributed by atoms with van der Waals surface area (Å²) in [5, 5.41) is 0. The lowest BCUT2D eigenvalue weighted by molar-refractivity contribution is 0.0984. The number of nitrogens with zero attached hydrogens (tertiary/aromatic N) is 1. The predicted molar refractivity (Wildman–Crippen MR) is 60.8 cm³/mol. The van der Waals surface area contributed by atoms with Crippen molar-refractivity contribution in [2.24, 2.45) is 0 Å². The molecule has 1 heterocycles. The number of carbonyl (C=O) groups excluding carboxylic acids is 1. The summed E-state index contributed by atoms with van der Waals surface area (Å²) in [5.41, 5.74) is 0.971. The molecule has 0 radical (unpaired) electrons. The maximum Gasteiger partial charge on any atom is 0.202 e. The zero-order chi connectivity index (χ0) is 10.7. The molecule has 0 aliphatic heterocycles. The molecule has 0 bridgehead atoms. The lowest BCUT2D eigenvalue weighted by Gasteiger charge is -2.01. The maximum atomic E-state index is 11.7. The van der Waals surface area contributed by atoms with Crippen molar-refractivity contribution in [2.75, 3.05) is 0 Å². The van der Waals surface area contributed by atoms with Gasteiger partial charge in [0.25, 0.3) is 0 Å². The minimum Gasteiger partial charge on any atom is -0.342 e. The summed E-state index contributed by atoms with van der Waals surface area (Å²) < 4.78 is 0.949. The number of imidazole rings is 1. The number of Topliss-reactive ketones (excluding diaryl/α,β-unsaturated/α-hetero) is 1. The number of benzene rings is 1. The van der Waals surface area contributed by atoms with E-state index in [-0.39, 0.29) is 5.78 Å². The van der Waals surface area contributed by atoms with Crippen LogP contribution in [-0.4, -0.2) is 15.8 Å². The molecular weight excluding hydrogens is 256 g/mol. The van der Waals surface area contributed by atoms with Crippen LogP contribution in [0.25, 0.3) is 0 Å². The second-order valence-electron chi connectivity index (χ2n) is 3.13. The Balaban J connectivity index is 2.17. The fourth-order valence-electron chi connectivity index (χ4n) is 1.32. The average molecular weight is 265 g/mol. The number of hydrogen-bond donors (Lipinski definition) is 1. The first kappa shape index (κ1) is 10.1. The Morgan fingerprint density at radius 3 is 2.87 bits per heavy atom. The van der Waals surface area contributed by atoms with Gasteiger partial charge in [-0.3, -0.25) is 4.79 Å². The number of aromatic amines is 1. The smallest absolute Gasteiger partial charge is 0.202 e. The monoisotopic (exact) mass is 264 g/mol. The molecule has 1 N–H and O–H groups in total. The molecule has 4 heteroatoms. The Hall–Kier alpha value is -1.42. The molecule has 0 aliphatic rings. The van der Waals surface area contributed by atoms with Crippen LogP contribution in [0.15, 0.2) is 41.1 Å². The van der Waals surface area contributed by atoms with E-state index in [2.05, 4.69) is 25.9 Å². The maximum absolute atomic E-state index is 11.7. The fourth-order valence-corrected chi connectivity index (χ4v) is 1.74. The van der Waals surface area contributed by atoms with E-state index in [1.807, 2.05) is 24.3 Å². The van der Waals surface area contributed by atoms with Crippen LogP contribution in [0.3, 0.4) is 0 Å². The van der Waals surface area contributed by atoms with Gasteiger partial charge in [-0.25, -0.2) is 4.98 Å². The largest absolute Gasteiger partial charge is 0.342 e. The summed E-state index contributed by atoms with van der Waals surface area (Å²) in [6.45, 7) is 0. The first-order valence-electron chi connectivity index (χ1n) is 4.53. The van der Waals surface area contributed by atoms with E-state index in [0.717, 1.165) is 10.0 Å². The highest BCUT2D eigenvalue weighted by Gasteiger charge is 2.10. The van der Waals surface area contributed by atoms with Crippen molar-refractivity contribution in [3.05, 3.63) is 52.5 Å². The van der Waals surface area contributed by atoms with Gasteiger partial charge in [-0.1, -0.05) is 34.1 Å². The third kappa shape index (κ3) is 2.33. The molecule has 2 aromatic rings. The minimum absolute atomic E-state index is 0.00750. The summed E-state index contributed by atoms with van der Waals surface area (Å²) in [6, 6.07) is 7.68. The second kappa shape index (κ2) is 4.40. The Bertz CT molecular complexity index is 465. The van der Waals surface area contributed by atoms with Crippen LogP contribution in [0.2, 0.25) is 0 Å². The SMILES string of the molecule is O=C(Cc1ccccc1Br)c1ncc[nH]1. The fraction of sp³-hybridized carbons (Fsp3) is 0.0909. The zero-order valence-electron chi connectivity index (χ0n) is 7.90. The summed E-state index contributed by atoms with van der Waals surface area (Å²) in [6.07, 6.45) is 3.58. The van der Waals surface area contributed by atoms with E-state index in [9.17, 15) is 4.79 Å². The van der Waals surface area contributed by atoms with Crippen molar-refractivity contribution in [1.29, 1.82) is 0 Å². The van der Waals surface area contributed by atoms with Crippen molar-refractivity contribution in [3.8, 4) is 0 Å². The van der Waals surface area contributed by atoms with Gasteiger partial charge < -0.3 is 4.98 Å².